The fourth-order valence-corrected chi connectivity index (χ4v) is 3.81. The van der Waals surface area contributed by atoms with Crippen molar-refractivity contribution in [2.75, 3.05) is 18.0 Å². The van der Waals surface area contributed by atoms with Crippen LogP contribution in [0, 0.1) is 0 Å². The van der Waals surface area contributed by atoms with Crippen LogP contribution < -0.4 is 10.2 Å². The van der Waals surface area contributed by atoms with Gasteiger partial charge in [-0.15, -0.1) is 0 Å². The van der Waals surface area contributed by atoms with Crippen LogP contribution in [0.25, 0.3) is 0 Å². The lowest BCUT2D eigenvalue weighted by Gasteiger charge is -2.34. The molecule has 6 heteroatoms. The molecule has 2 fully saturated rings. The lowest BCUT2D eigenvalue weighted by atomic mass is 10.0. The fourth-order valence-electron chi connectivity index (χ4n) is 3.54. The van der Waals surface area contributed by atoms with Gasteiger partial charge in [-0.1, -0.05) is 11.6 Å². The molecule has 0 aliphatic carbocycles. The minimum atomic E-state index is -0.592. The molecule has 5 nitrogen and oxygen atoms in total. The number of carbonyl (C=O) groups excluding carboxylic acids is 1. The number of fused-ring (bicyclic) bond motifs is 2. The summed E-state index contributed by atoms with van der Waals surface area (Å²) in [7, 11) is 0. The summed E-state index contributed by atoms with van der Waals surface area (Å²) < 4.78 is 0. The molecule has 3 aliphatic rings. The molecule has 0 atom stereocenters. The maximum atomic E-state index is 12.1. The second-order valence-corrected chi connectivity index (χ2v) is 7.41. The zero-order chi connectivity index (χ0) is 16.2. The minimum Gasteiger partial charge on any atom is -0.371 e. The summed E-state index contributed by atoms with van der Waals surface area (Å²) in [4.78, 5) is 21.2. The normalized spacial score (nSPS) is 22.4. The van der Waals surface area contributed by atoms with Crippen molar-refractivity contribution in [1.29, 1.82) is 0 Å². The largest absolute Gasteiger partial charge is 0.371 e. The van der Waals surface area contributed by atoms with Gasteiger partial charge < -0.3 is 9.80 Å². The van der Waals surface area contributed by atoms with Crippen LogP contribution in [-0.4, -0.2) is 35.4 Å². The summed E-state index contributed by atoms with van der Waals surface area (Å²) in [6.45, 7) is 6.57. The standard InChI is InChI=1S/C17H21ClN4O/c1-17(2)15(23)20-16-19-14-9-11(21-6-4-3-5-7-21)8-13(18)12(14)10-22(16)17/h8-9H,3-7,10H2,1-2H3,(H,19,20,23). The van der Waals surface area contributed by atoms with E-state index in [2.05, 4.69) is 21.3 Å². The van der Waals surface area contributed by atoms with Crippen molar-refractivity contribution in [3.63, 3.8) is 0 Å². The van der Waals surface area contributed by atoms with E-state index in [0.717, 1.165) is 35.1 Å². The number of nitrogens with zero attached hydrogens (tertiary/aromatic N) is 3. The monoisotopic (exact) mass is 332 g/mol. The topological polar surface area (TPSA) is 47.9 Å². The molecular formula is C17H21ClN4O. The molecule has 0 bridgehead atoms. The minimum absolute atomic E-state index is 0.0172. The van der Waals surface area contributed by atoms with E-state index < -0.39 is 5.54 Å². The maximum absolute atomic E-state index is 12.1. The number of halogens is 1. The van der Waals surface area contributed by atoms with Crippen LogP contribution in [0.2, 0.25) is 5.02 Å². The first kappa shape index (κ1) is 14.8. The molecule has 0 spiro atoms. The zero-order valence-corrected chi connectivity index (χ0v) is 14.3. The Morgan fingerprint density at radius 2 is 1.96 bits per heavy atom. The first-order valence-electron chi connectivity index (χ1n) is 8.22. The quantitative estimate of drug-likeness (QED) is 0.860. The number of guanidine groups is 1. The fraction of sp³-hybridized carbons (Fsp3) is 0.529. The predicted molar refractivity (Wildman–Crippen MR) is 92.4 cm³/mol. The van der Waals surface area contributed by atoms with Gasteiger partial charge in [0.2, 0.25) is 5.96 Å². The lowest BCUT2D eigenvalue weighted by molar-refractivity contribution is -0.125. The van der Waals surface area contributed by atoms with Gasteiger partial charge in [0.1, 0.15) is 5.54 Å². The molecule has 2 saturated heterocycles. The van der Waals surface area contributed by atoms with Crippen molar-refractivity contribution in [3.8, 4) is 0 Å². The Hall–Kier alpha value is -1.75. The van der Waals surface area contributed by atoms with Gasteiger partial charge in [-0.05, 0) is 45.2 Å². The van der Waals surface area contributed by atoms with Crippen LogP contribution in [0.4, 0.5) is 11.4 Å². The number of amides is 1. The number of piperidine rings is 1. The SMILES string of the molecule is CC1(C)C(=O)NC2=Nc3cc(N4CCCCC4)cc(Cl)c3CN21. The van der Waals surface area contributed by atoms with Crippen LogP contribution in [0.15, 0.2) is 17.1 Å². The maximum Gasteiger partial charge on any atom is 0.252 e. The summed E-state index contributed by atoms with van der Waals surface area (Å²) in [6, 6.07) is 4.15. The first-order chi connectivity index (χ1) is 11.0. The molecule has 0 unspecified atom stereocenters. The van der Waals surface area contributed by atoms with Gasteiger partial charge in [-0.25, -0.2) is 4.99 Å². The van der Waals surface area contributed by atoms with E-state index in [1.165, 1.54) is 19.3 Å². The Balaban J connectivity index is 1.73. The average molecular weight is 333 g/mol. The van der Waals surface area contributed by atoms with E-state index in [0.29, 0.717) is 12.5 Å². The van der Waals surface area contributed by atoms with Crippen molar-refractivity contribution in [3.05, 3.63) is 22.7 Å². The molecule has 3 aliphatic heterocycles. The van der Waals surface area contributed by atoms with Crippen molar-refractivity contribution in [1.82, 2.24) is 10.2 Å². The zero-order valence-electron chi connectivity index (χ0n) is 13.5. The van der Waals surface area contributed by atoms with Crippen LogP contribution in [0.3, 0.4) is 0 Å². The molecule has 1 amide bonds. The van der Waals surface area contributed by atoms with Gasteiger partial charge in [0, 0.05) is 29.4 Å². The van der Waals surface area contributed by atoms with Gasteiger partial charge in [0.25, 0.3) is 5.91 Å². The number of benzene rings is 1. The Morgan fingerprint density at radius 1 is 1.22 bits per heavy atom. The molecule has 1 aromatic rings. The highest BCUT2D eigenvalue weighted by atomic mass is 35.5. The Morgan fingerprint density at radius 3 is 2.70 bits per heavy atom. The number of hydrogen-bond donors (Lipinski definition) is 1. The third-order valence-electron chi connectivity index (χ3n) is 5.13. The number of carbonyl (C=O) groups is 1. The first-order valence-corrected chi connectivity index (χ1v) is 8.60. The Kier molecular flexibility index (Phi) is 3.30. The third kappa shape index (κ3) is 2.29. The van der Waals surface area contributed by atoms with Crippen LogP contribution >= 0.6 is 11.6 Å². The van der Waals surface area contributed by atoms with Gasteiger partial charge >= 0.3 is 0 Å². The Labute approximate surface area is 141 Å². The second kappa shape index (κ2) is 5.13. The molecule has 0 radical (unpaired) electrons. The highest BCUT2D eigenvalue weighted by Gasteiger charge is 2.46. The van der Waals surface area contributed by atoms with Crippen molar-refractivity contribution in [2.45, 2.75) is 45.2 Å². The average Bonchev–Trinajstić information content (AvgIpc) is 2.76. The molecule has 4 rings (SSSR count). The van der Waals surface area contributed by atoms with E-state index in [9.17, 15) is 4.79 Å². The van der Waals surface area contributed by atoms with Crippen LogP contribution in [0.1, 0.15) is 38.7 Å². The Bertz CT molecular complexity index is 707. The van der Waals surface area contributed by atoms with Gasteiger partial charge in [-0.2, -0.15) is 0 Å². The van der Waals surface area contributed by atoms with Gasteiger partial charge in [0.05, 0.1) is 12.2 Å². The van der Waals surface area contributed by atoms with E-state index in [1.807, 2.05) is 24.8 Å². The number of rotatable bonds is 1. The van der Waals surface area contributed by atoms with Gasteiger partial charge in [0.15, 0.2) is 0 Å². The molecule has 0 aromatic heterocycles. The highest BCUT2D eigenvalue weighted by molar-refractivity contribution is 6.32. The van der Waals surface area contributed by atoms with E-state index >= 15 is 0 Å². The predicted octanol–water partition coefficient (Wildman–Crippen LogP) is 3.04. The van der Waals surface area contributed by atoms with Crippen molar-refractivity contribution >= 4 is 34.8 Å². The smallest absolute Gasteiger partial charge is 0.252 e. The van der Waals surface area contributed by atoms with Crippen molar-refractivity contribution in [2.24, 2.45) is 4.99 Å². The molecular weight excluding hydrogens is 312 g/mol. The molecule has 0 saturated carbocycles. The number of aliphatic imine (C=N–C) groups is 1. The molecule has 122 valence electrons. The number of nitrogens with one attached hydrogen (secondary N) is 1. The molecule has 3 heterocycles. The third-order valence-corrected chi connectivity index (χ3v) is 5.47. The molecule has 1 N–H and O–H groups in total. The summed E-state index contributed by atoms with van der Waals surface area (Å²) in [5.41, 5.74) is 2.42. The number of hydrogen-bond acceptors (Lipinski definition) is 4. The lowest BCUT2D eigenvalue weighted by Crippen LogP contribution is -2.44. The second-order valence-electron chi connectivity index (χ2n) is 7.01. The van der Waals surface area contributed by atoms with Crippen molar-refractivity contribution < 1.29 is 4.79 Å². The summed E-state index contributed by atoms with van der Waals surface area (Å²) in [5, 5.41) is 3.62. The number of anilines is 1. The van der Waals surface area contributed by atoms with Crippen LogP contribution in [0.5, 0.6) is 0 Å². The van der Waals surface area contributed by atoms with E-state index in [4.69, 9.17) is 11.6 Å². The molecule has 1 aromatic carbocycles. The van der Waals surface area contributed by atoms with E-state index in [-0.39, 0.29) is 5.91 Å². The highest BCUT2D eigenvalue weighted by Crippen LogP contribution is 2.39. The summed E-state index contributed by atoms with van der Waals surface area (Å²) >= 11 is 6.56. The molecule has 23 heavy (non-hydrogen) atoms. The van der Waals surface area contributed by atoms with Crippen LogP contribution in [-0.2, 0) is 11.3 Å². The van der Waals surface area contributed by atoms with E-state index in [1.54, 1.807) is 0 Å². The van der Waals surface area contributed by atoms with Gasteiger partial charge in [-0.3, -0.25) is 10.1 Å². The summed E-state index contributed by atoms with van der Waals surface area (Å²) in [5.74, 6) is 0.621. The summed E-state index contributed by atoms with van der Waals surface area (Å²) in [6.07, 6.45) is 3.75.